The summed E-state index contributed by atoms with van der Waals surface area (Å²) in [5.41, 5.74) is 0.995. The smallest absolute Gasteiger partial charge is 0.224 e. The van der Waals surface area contributed by atoms with Crippen molar-refractivity contribution in [3.05, 3.63) is 38.9 Å². The lowest BCUT2D eigenvalue weighted by atomic mass is 10.2. The summed E-state index contributed by atoms with van der Waals surface area (Å²) in [5, 5.41) is 3.63. The van der Waals surface area contributed by atoms with Gasteiger partial charge in [0.05, 0.1) is 6.04 Å². The molecule has 0 fully saturated rings. The van der Waals surface area contributed by atoms with Crippen molar-refractivity contribution in [3.8, 4) is 0 Å². The number of nitrogens with one attached hydrogen (secondary N) is 1. The second-order valence-corrected chi connectivity index (χ2v) is 5.64. The quantitative estimate of drug-likeness (QED) is 0.855. The van der Waals surface area contributed by atoms with Gasteiger partial charge in [0.25, 0.3) is 0 Å². The van der Waals surface area contributed by atoms with Gasteiger partial charge in [0.2, 0.25) is 5.28 Å². The van der Waals surface area contributed by atoms with Crippen molar-refractivity contribution in [2.75, 3.05) is 5.32 Å². The topological polar surface area (TPSA) is 37.8 Å². The molecule has 2 rings (SSSR count). The van der Waals surface area contributed by atoms with Crippen LogP contribution < -0.4 is 5.32 Å². The minimum Gasteiger partial charge on any atom is -0.362 e. The largest absolute Gasteiger partial charge is 0.362 e. The Morgan fingerprint density at radius 1 is 1.35 bits per heavy atom. The van der Waals surface area contributed by atoms with Gasteiger partial charge in [-0.05, 0) is 44.5 Å². The molecule has 17 heavy (non-hydrogen) atoms. The second-order valence-electron chi connectivity index (χ2n) is 3.99. The van der Waals surface area contributed by atoms with E-state index in [1.165, 1.54) is 9.75 Å². The van der Waals surface area contributed by atoms with E-state index in [9.17, 15) is 0 Å². The summed E-state index contributed by atoms with van der Waals surface area (Å²) in [5.74, 6) is 0.795. The van der Waals surface area contributed by atoms with Crippen molar-refractivity contribution >= 4 is 28.8 Å². The maximum Gasteiger partial charge on any atom is 0.224 e. The van der Waals surface area contributed by atoms with Gasteiger partial charge in [0.15, 0.2) is 0 Å². The van der Waals surface area contributed by atoms with Crippen LogP contribution in [0.1, 0.15) is 28.3 Å². The van der Waals surface area contributed by atoms with Crippen molar-refractivity contribution in [3.63, 3.8) is 0 Å². The normalized spacial score (nSPS) is 12.5. The lowest BCUT2D eigenvalue weighted by Crippen LogP contribution is -2.08. The van der Waals surface area contributed by atoms with Crippen LogP contribution in [-0.4, -0.2) is 9.97 Å². The first-order valence-corrected chi connectivity index (χ1v) is 6.57. The van der Waals surface area contributed by atoms with Gasteiger partial charge in [0, 0.05) is 21.5 Å². The van der Waals surface area contributed by atoms with E-state index in [1.807, 2.05) is 6.92 Å². The Bertz CT molecular complexity index is 524. The molecule has 0 radical (unpaired) electrons. The Morgan fingerprint density at radius 3 is 2.76 bits per heavy atom. The maximum absolute atomic E-state index is 5.79. The molecule has 0 spiro atoms. The highest BCUT2D eigenvalue weighted by atomic mass is 35.5. The third kappa shape index (κ3) is 2.96. The van der Waals surface area contributed by atoms with Gasteiger partial charge in [-0.3, -0.25) is 0 Å². The molecular formula is C12H14ClN3S. The van der Waals surface area contributed by atoms with E-state index in [4.69, 9.17) is 11.6 Å². The number of aryl methyl sites for hydroxylation is 2. The van der Waals surface area contributed by atoms with Crippen molar-refractivity contribution in [2.45, 2.75) is 26.8 Å². The SMILES string of the molecule is Cc1ccc(C(C)Nc2nc(Cl)ncc2C)s1. The summed E-state index contributed by atoms with van der Waals surface area (Å²) < 4.78 is 0. The average molecular weight is 268 g/mol. The van der Waals surface area contributed by atoms with E-state index in [0.717, 1.165) is 11.4 Å². The number of thiophene rings is 1. The van der Waals surface area contributed by atoms with Crippen molar-refractivity contribution in [1.82, 2.24) is 9.97 Å². The molecule has 0 bridgehead atoms. The molecule has 0 aromatic carbocycles. The molecule has 0 amide bonds. The van der Waals surface area contributed by atoms with Crippen LogP contribution in [0.2, 0.25) is 5.28 Å². The number of halogens is 1. The summed E-state index contributed by atoms with van der Waals surface area (Å²) in [6.45, 7) is 6.18. The Balaban J connectivity index is 2.18. The predicted octanol–water partition coefficient (Wildman–Crippen LogP) is 3.98. The number of rotatable bonds is 3. The summed E-state index contributed by atoms with van der Waals surface area (Å²) in [7, 11) is 0. The van der Waals surface area contributed by atoms with Gasteiger partial charge >= 0.3 is 0 Å². The molecule has 1 atom stereocenters. The number of nitrogens with zero attached hydrogens (tertiary/aromatic N) is 2. The molecule has 1 unspecified atom stereocenters. The van der Waals surface area contributed by atoms with Gasteiger partial charge in [-0.1, -0.05) is 0 Å². The van der Waals surface area contributed by atoms with Crippen molar-refractivity contribution in [2.24, 2.45) is 0 Å². The first-order chi connectivity index (χ1) is 8.06. The minimum atomic E-state index is 0.221. The van der Waals surface area contributed by atoms with Crippen LogP contribution >= 0.6 is 22.9 Å². The molecule has 0 saturated heterocycles. The van der Waals surface area contributed by atoms with Gasteiger partial charge in [-0.15, -0.1) is 11.3 Å². The Hall–Kier alpha value is -1.13. The van der Waals surface area contributed by atoms with Crippen molar-refractivity contribution in [1.29, 1.82) is 0 Å². The lowest BCUT2D eigenvalue weighted by molar-refractivity contribution is 0.888. The molecule has 0 aliphatic heterocycles. The van der Waals surface area contributed by atoms with E-state index in [1.54, 1.807) is 17.5 Å². The van der Waals surface area contributed by atoms with Crippen LogP contribution in [0.4, 0.5) is 5.82 Å². The van der Waals surface area contributed by atoms with E-state index in [0.29, 0.717) is 0 Å². The predicted molar refractivity (Wildman–Crippen MR) is 72.9 cm³/mol. The Kier molecular flexibility index (Phi) is 3.64. The standard InChI is InChI=1S/C12H14ClN3S/c1-7-6-14-12(13)16-11(7)15-9(3)10-5-4-8(2)17-10/h4-6,9H,1-3H3,(H,14,15,16). The maximum atomic E-state index is 5.79. The van der Waals surface area contributed by atoms with Gasteiger partial charge in [0.1, 0.15) is 5.82 Å². The molecule has 2 aromatic rings. The van der Waals surface area contributed by atoms with Crippen LogP contribution in [0.5, 0.6) is 0 Å². The zero-order valence-electron chi connectivity index (χ0n) is 9.99. The molecule has 1 N–H and O–H groups in total. The molecule has 0 aliphatic carbocycles. The zero-order valence-corrected chi connectivity index (χ0v) is 11.6. The fraction of sp³-hybridized carbons (Fsp3) is 0.333. The van der Waals surface area contributed by atoms with E-state index < -0.39 is 0 Å². The first kappa shape index (κ1) is 12.3. The number of hydrogen-bond donors (Lipinski definition) is 1. The molecule has 5 heteroatoms. The molecule has 0 saturated carbocycles. The summed E-state index contributed by atoms with van der Waals surface area (Å²) in [4.78, 5) is 10.7. The third-order valence-electron chi connectivity index (χ3n) is 2.48. The van der Waals surface area contributed by atoms with Gasteiger partial charge in [-0.25, -0.2) is 9.97 Å². The highest BCUT2D eigenvalue weighted by Gasteiger charge is 2.10. The van der Waals surface area contributed by atoms with Crippen LogP contribution in [0.25, 0.3) is 0 Å². The molecule has 2 heterocycles. The average Bonchev–Trinajstić information content (AvgIpc) is 2.70. The molecule has 0 aliphatic rings. The van der Waals surface area contributed by atoms with E-state index in [-0.39, 0.29) is 11.3 Å². The lowest BCUT2D eigenvalue weighted by Gasteiger charge is -2.14. The fourth-order valence-electron chi connectivity index (χ4n) is 1.53. The van der Waals surface area contributed by atoms with Crippen LogP contribution in [-0.2, 0) is 0 Å². The van der Waals surface area contributed by atoms with Crippen LogP contribution in [0, 0.1) is 13.8 Å². The van der Waals surface area contributed by atoms with Crippen molar-refractivity contribution < 1.29 is 0 Å². The van der Waals surface area contributed by atoms with E-state index >= 15 is 0 Å². The fourth-order valence-corrected chi connectivity index (χ4v) is 2.54. The first-order valence-electron chi connectivity index (χ1n) is 5.38. The van der Waals surface area contributed by atoms with Crippen LogP contribution in [0.15, 0.2) is 18.3 Å². The number of anilines is 1. The minimum absolute atomic E-state index is 0.221. The van der Waals surface area contributed by atoms with Gasteiger partial charge in [-0.2, -0.15) is 0 Å². The molecule has 90 valence electrons. The number of aromatic nitrogens is 2. The highest BCUT2D eigenvalue weighted by molar-refractivity contribution is 7.12. The molecule has 3 nitrogen and oxygen atoms in total. The van der Waals surface area contributed by atoms with Gasteiger partial charge < -0.3 is 5.32 Å². The summed E-state index contributed by atoms with van der Waals surface area (Å²) in [6, 6.07) is 4.48. The molecule has 2 aromatic heterocycles. The number of hydrogen-bond acceptors (Lipinski definition) is 4. The third-order valence-corrected chi connectivity index (χ3v) is 3.85. The zero-order chi connectivity index (χ0) is 12.4. The summed E-state index contributed by atoms with van der Waals surface area (Å²) >= 11 is 7.58. The Morgan fingerprint density at radius 2 is 2.12 bits per heavy atom. The second kappa shape index (κ2) is 5.02. The Labute approximate surface area is 110 Å². The monoisotopic (exact) mass is 267 g/mol. The highest BCUT2D eigenvalue weighted by Crippen LogP contribution is 2.26. The molecular weight excluding hydrogens is 254 g/mol. The van der Waals surface area contributed by atoms with Crippen LogP contribution in [0.3, 0.4) is 0 Å². The summed E-state index contributed by atoms with van der Waals surface area (Å²) in [6.07, 6.45) is 1.73. The van der Waals surface area contributed by atoms with E-state index in [2.05, 4.69) is 41.3 Å².